The Morgan fingerprint density at radius 2 is 1.90 bits per heavy atom. The zero-order valence-electron chi connectivity index (χ0n) is 15.2. The third kappa shape index (κ3) is 3.81. The van der Waals surface area contributed by atoms with Gasteiger partial charge in [-0.15, -0.1) is 0 Å². The predicted octanol–water partition coefficient (Wildman–Crippen LogP) is -5.43. The third-order valence-electron chi connectivity index (χ3n) is 5.27. The third-order valence-corrected chi connectivity index (χ3v) is 6.17. The van der Waals surface area contributed by atoms with Gasteiger partial charge in [0.25, 0.3) is 5.84 Å². The summed E-state index contributed by atoms with van der Waals surface area (Å²) >= 11 is 0. The quantitative estimate of drug-likeness (QED) is 0.0750. The van der Waals surface area contributed by atoms with E-state index in [1.807, 2.05) is 0 Å². The van der Waals surface area contributed by atoms with E-state index in [1.165, 1.54) is 0 Å². The van der Waals surface area contributed by atoms with Gasteiger partial charge in [0.2, 0.25) is 5.79 Å². The normalized spacial score (nSPS) is 34.4. The summed E-state index contributed by atoms with van der Waals surface area (Å²) in [5.41, 5.74) is 9.43. The Morgan fingerprint density at radius 1 is 1.29 bits per heavy atom. The zero-order valence-corrected chi connectivity index (χ0v) is 16.8. The molecule has 0 radical (unpaired) electrons. The molecule has 1 spiro atoms. The van der Waals surface area contributed by atoms with Gasteiger partial charge in [-0.25, -0.2) is 14.0 Å². The highest BCUT2D eigenvalue weighted by Gasteiger charge is 2.77. The summed E-state index contributed by atoms with van der Waals surface area (Å²) in [6, 6.07) is -2.97. The fourth-order valence-corrected chi connectivity index (χ4v) is 4.97. The fourth-order valence-electron chi connectivity index (χ4n) is 4.20. The van der Waals surface area contributed by atoms with E-state index < -0.39 is 81.1 Å². The molecule has 1 fully saturated rings. The second-order valence-electron chi connectivity index (χ2n) is 6.99. The van der Waals surface area contributed by atoms with Gasteiger partial charge in [0.05, 0.1) is 5.92 Å². The van der Waals surface area contributed by atoms with E-state index in [9.17, 15) is 37.1 Å². The van der Waals surface area contributed by atoms with Crippen LogP contribution in [0.2, 0.25) is 0 Å². The van der Waals surface area contributed by atoms with Crippen LogP contribution in [0.4, 0.5) is 4.79 Å². The van der Waals surface area contributed by atoms with E-state index in [-0.39, 0.29) is 5.96 Å². The summed E-state index contributed by atoms with van der Waals surface area (Å²) in [5.74, 6) is -5.22. The number of ether oxygens (including phenoxy) is 1. The van der Waals surface area contributed by atoms with Crippen LogP contribution < -0.4 is 21.5 Å². The zero-order chi connectivity index (χ0) is 23.6. The number of hydrogen-bond acceptors (Lipinski definition) is 14. The van der Waals surface area contributed by atoms with Crippen molar-refractivity contribution in [2.24, 2.45) is 22.4 Å². The topological polar surface area (TPSA) is 296 Å². The summed E-state index contributed by atoms with van der Waals surface area (Å²) in [4.78, 5) is 15.4. The number of nitrogens with two attached hydrogens (primary N) is 2. The monoisotopic (exact) mass is 491 g/mol. The second-order valence-corrected chi connectivity index (χ2v) is 9.19. The average Bonchev–Trinajstić information content (AvgIpc) is 3.02. The van der Waals surface area contributed by atoms with Crippen LogP contribution in [0.1, 0.15) is 6.42 Å². The molecule has 1 amide bonds. The molecule has 1 saturated carbocycles. The first-order chi connectivity index (χ1) is 14.0. The fraction of sp³-hybridized carbons (Fsp3) is 0.727. The van der Waals surface area contributed by atoms with Crippen LogP contribution in [0.3, 0.4) is 0 Å². The molecule has 0 aromatic rings. The Labute approximate surface area is 173 Å². The highest BCUT2D eigenvalue weighted by atomic mass is 32.3. The maximum Gasteiger partial charge on any atom is 0.422 e. The van der Waals surface area contributed by atoms with Crippen molar-refractivity contribution in [3.8, 4) is 0 Å². The van der Waals surface area contributed by atoms with Gasteiger partial charge in [0, 0.05) is 0 Å². The number of carbonyl (C=O) groups is 1. The molecule has 0 saturated heterocycles. The maximum absolute atomic E-state index is 11.5. The molecule has 2 heterocycles. The van der Waals surface area contributed by atoms with Gasteiger partial charge in [-0.1, -0.05) is 4.74 Å². The summed E-state index contributed by atoms with van der Waals surface area (Å²) in [6.45, 7) is -0.865. The lowest BCUT2D eigenvalue weighted by Crippen LogP contribution is -2.76. The number of aliphatic imine (C=N–C) groups is 1. The van der Waals surface area contributed by atoms with E-state index >= 15 is 0 Å². The number of aliphatic hydroxyl groups is 2. The summed E-state index contributed by atoms with van der Waals surface area (Å²) in [6.07, 6.45) is -4.18. The summed E-state index contributed by atoms with van der Waals surface area (Å²) in [7, 11) is -10.1. The molecule has 0 bridgehead atoms. The average molecular weight is 491 g/mol. The molecule has 176 valence electrons. The van der Waals surface area contributed by atoms with E-state index in [2.05, 4.69) is 19.2 Å². The molecule has 5 atom stereocenters. The number of guanidine groups is 1. The first kappa shape index (κ1) is 23.2. The molecule has 3 rings (SSSR count). The Hall–Kier alpha value is -2.49. The SMILES string of the molecule is NC1=N[C@H]2[C@H](COC(=O)NS(=O)(=O)O)[N+](O)=C(N)C3C[C@H](OS(=O)(=O)O)C(O)(O)C32N1. The van der Waals surface area contributed by atoms with Crippen LogP contribution in [0.25, 0.3) is 0 Å². The number of amides is 1. The van der Waals surface area contributed by atoms with E-state index in [0.29, 0.717) is 4.74 Å². The number of rotatable bonds is 5. The molecule has 20 heteroatoms. The predicted molar refractivity (Wildman–Crippen MR) is 94.0 cm³/mol. The van der Waals surface area contributed by atoms with Crippen molar-refractivity contribution in [1.29, 1.82) is 0 Å². The van der Waals surface area contributed by atoms with Gasteiger partial charge in [-0.05, 0) is 6.42 Å². The van der Waals surface area contributed by atoms with Gasteiger partial charge < -0.3 is 31.2 Å². The molecule has 0 aromatic heterocycles. The highest BCUT2D eigenvalue weighted by molar-refractivity contribution is 7.84. The molecular weight excluding hydrogens is 472 g/mol. The minimum Gasteiger partial charge on any atom is -0.444 e. The van der Waals surface area contributed by atoms with Crippen LogP contribution in [0.15, 0.2) is 4.99 Å². The van der Waals surface area contributed by atoms with Gasteiger partial charge in [-0.2, -0.15) is 21.6 Å². The minimum absolute atomic E-state index is 0.351. The van der Waals surface area contributed by atoms with Crippen LogP contribution in [-0.4, -0.2) is 100 Å². The highest BCUT2D eigenvalue weighted by Crippen LogP contribution is 2.51. The molecule has 3 aliphatic rings. The second kappa shape index (κ2) is 7.01. The number of nitrogens with one attached hydrogen (secondary N) is 2. The largest absolute Gasteiger partial charge is 0.444 e. The standard InChI is InChI=1S/C11H18N6O12S2/c12-7-3-1-5(29-31(25,26)27)11(19,20)10(3)6(14-8(13)15-10)4(17(7)21)2-28-9(18)16-30(22,23)24/h3-6,12,19-21H,1-2H2,(H6,13,14,15,16,18,22,23,24,25,26,27)/p+1/t3?,4-,5-,6-,10?/m0/s1. The number of hydroxylamine groups is 1. The van der Waals surface area contributed by atoms with E-state index in [4.69, 9.17) is 20.6 Å². The van der Waals surface area contributed by atoms with Gasteiger partial charge in [0.1, 0.15) is 24.3 Å². The van der Waals surface area contributed by atoms with E-state index in [1.54, 1.807) is 0 Å². The summed E-state index contributed by atoms with van der Waals surface area (Å²) in [5, 5.41) is 34.5. The number of hydrogen-bond donors (Lipinski definition) is 9. The van der Waals surface area contributed by atoms with Crippen molar-refractivity contribution in [3.63, 3.8) is 0 Å². The first-order valence-corrected chi connectivity index (χ1v) is 11.0. The Kier molecular flexibility index (Phi) is 5.24. The Bertz CT molecular complexity index is 1070. The molecule has 0 aromatic carbocycles. The Morgan fingerprint density at radius 3 is 2.45 bits per heavy atom. The molecule has 11 N–H and O–H groups in total. The molecular formula is C11H19N6O12S2+. The number of carbonyl (C=O) groups excluding carboxylic acids is 1. The van der Waals surface area contributed by atoms with Gasteiger partial charge >= 0.3 is 26.8 Å². The van der Waals surface area contributed by atoms with Crippen LogP contribution in [0, 0.1) is 5.92 Å². The smallest absolute Gasteiger partial charge is 0.422 e. The molecule has 31 heavy (non-hydrogen) atoms. The lowest BCUT2D eigenvalue weighted by atomic mass is 9.72. The van der Waals surface area contributed by atoms with E-state index in [0.717, 1.165) is 4.72 Å². The van der Waals surface area contributed by atoms with Crippen LogP contribution >= 0.6 is 0 Å². The maximum atomic E-state index is 11.5. The number of nitrogens with zero attached hydrogens (tertiary/aromatic N) is 2. The van der Waals surface area contributed by atoms with Gasteiger partial charge in [-0.3, -0.25) is 14.8 Å². The van der Waals surface area contributed by atoms with Crippen molar-refractivity contribution < 1.29 is 59.8 Å². The molecule has 18 nitrogen and oxygen atoms in total. The molecule has 2 aliphatic heterocycles. The van der Waals surface area contributed by atoms with Crippen LogP contribution in [0.5, 0.6) is 0 Å². The van der Waals surface area contributed by atoms with Crippen molar-refractivity contribution in [1.82, 2.24) is 10.0 Å². The first-order valence-electron chi connectivity index (χ1n) is 8.24. The van der Waals surface area contributed by atoms with Gasteiger partial charge in [0.15, 0.2) is 12.0 Å². The van der Waals surface area contributed by atoms with Crippen molar-refractivity contribution in [2.75, 3.05) is 6.61 Å². The molecule has 2 unspecified atom stereocenters. The van der Waals surface area contributed by atoms with Crippen molar-refractivity contribution >= 4 is 38.6 Å². The Balaban J connectivity index is 1.99. The lowest BCUT2D eigenvalue weighted by molar-refractivity contribution is -0.807. The number of amidine groups is 1. The molecule has 1 aliphatic carbocycles. The van der Waals surface area contributed by atoms with Crippen molar-refractivity contribution in [3.05, 3.63) is 0 Å². The van der Waals surface area contributed by atoms with Crippen LogP contribution in [-0.2, 0) is 29.6 Å². The van der Waals surface area contributed by atoms with Crippen molar-refractivity contribution in [2.45, 2.75) is 35.9 Å². The minimum atomic E-state index is -5.15. The lowest BCUT2D eigenvalue weighted by Gasteiger charge is -2.45. The summed E-state index contributed by atoms with van der Waals surface area (Å²) < 4.78 is 71.6.